The molecular weight excluding hydrogens is 392 g/mol. The van der Waals surface area contributed by atoms with Crippen LogP contribution in [-0.4, -0.2) is 23.1 Å². The van der Waals surface area contributed by atoms with Crippen LogP contribution in [0.5, 0.6) is 0 Å². The highest BCUT2D eigenvalue weighted by molar-refractivity contribution is 7.92. The molecule has 4 rings (SSSR count). The molecule has 0 saturated carbocycles. The summed E-state index contributed by atoms with van der Waals surface area (Å²) in [5.74, 6) is 0. The number of hydrogen-bond donors (Lipinski definition) is 1. The molecule has 146 valence electrons. The highest BCUT2D eigenvalue weighted by Gasteiger charge is 2.25. The number of nitrogens with one attached hydrogen (secondary N) is 1. The lowest BCUT2D eigenvalue weighted by molar-refractivity contribution is -0.387. The summed E-state index contributed by atoms with van der Waals surface area (Å²) in [6.45, 7) is 0.453. The molecule has 8 nitrogen and oxygen atoms in total. The summed E-state index contributed by atoms with van der Waals surface area (Å²) in [7, 11) is -4.13. The van der Waals surface area contributed by atoms with Gasteiger partial charge in [-0.2, -0.15) is 5.10 Å². The number of aromatic nitrogens is 2. The Morgan fingerprint density at radius 3 is 2.55 bits per heavy atom. The van der Waals surface area contributed by atoms with Crippen LogP contribution >= 0.6 is 0 Å². The summed E-state index contributed by atoms with van der Waals surface area (Å²) in [6, 6.07) is 19.1. The molecule has 1 heterocycles. The molecule has 0 amide bonds. The van der Waals surface area contributed by atoms with Crippen molar-refractivity contribution in [3.63, 3.8) is 0 Å². The molecule has 0 saturated heterocycles. The monoisotopic (exact) mass is 408 g/mol. The van der Waals surface area contributed by atoms with Crippen LogP contribution in [0.25, 0.3) is 10.8 Å². The summed E-state index contributed by atoms with van der Waals surface area (Å²) in [5, 5.41) is 17.5. The molecule has 29 heavy (non-hydrogen) atoms. The van der Waals surface area contributed by atoms with Gasteiger partial charge >= 0.3 is 0 Å². The second-order valence-electron chi connectivity index (χ2n) is 6.40. The van der Waals surface area contributed by atoms with E-state index in [0.29, 0.717) is 6.54 Å². The van der Waals surface area contributed by atoms with E-state index in [2.05, 4.69) is 9.82 Å². The predicted molar refractivity (Wildman–Crippen MR) is 109 cm³/mol. The van der Waals surface area contributed by atoms with E-state index >= 15 is 0 Å². The largest absolute Gasteiger partial charge is 0.289 e. The molecule has 4 aromatic rings. The van der Waals surface area contributed by atoms with Crippen molar-refractivity contribution in [1.29, 1.82) is 0 Å². The number of para-hydroxylation sites is 1. The fourth-order valence-corrected chi connectivity index (χ4v) is 4.35. The minimum atomic E-state index is -4.13. The van der Waals surface area contributed by atoms with E-state index in [9.17, 15) is 18.5 Å². The molecule has 3 aromatic carbocycles. The Morgan fingerprint density at radius 1 is 1.00 bits per heavy atom. The molecule has 0 unspecified atom stereocenters. The van der Waals surface area contributed by atoms with Crippen molar-refractivity contribution >= 4 is 32.2 Å². The van der Waals surface area contributed by atoms with Crippen molar-refractivity contribution in [3.8, 4) is 0 Å². The molecule has 0 fully saturated rings. The van der Waals surface area contributed by atoms with Gasteiger partial charge in [0, 0.05) is 12.3 Å². The number of anilines is 1. The van der Waals surface area contributed by atoms with Gasteiger partial charge in [-0.05, 0) is 22.4 Å². The molecule has 1 N–H and O–H groups in total. The summed E-state index contributed by atoms with van der Waals surface area (Å²) < 4.78 is 29.2. The van der Waals surface area contributed by atoms with Gasteiger partial charge in [-0.15, -0.1) is 0 Å². The maximum atomic E-state index is 12.6. The van der Waals surface area contributed by atoms with Gasteiger partial charge in [0.05, 0.1) is 23.4 Å². The van der Waals surface area contributed by atoms with Crippen LogP contribution in [0.3, 0.4) is 0 Å². The van der Waals surface area contributed by atoms with Gasteiger partial charge in [0.15, 0.2) is 4.90 Å². The molecule has 9 heteroatoms. The summed E-state index contributed by atoms with van der Waals surface area (Å²) >= 11 is 0. The number of fused-ring (bicyclic) bond motifs is 1. The summed E-state index contributed by atoms with van der Waals surface area (Å²) in [5.41, 5.74) is 0.783. The second kappa shape index (κ2) is 7.36. The third-order valence-electron chi connectivity index (χ3n) is 4.45. The zero-order valence-corrected chi connectivity index (χ0v) is 15.9. The van der Waals surface area contributed by atoms with Gasteiger partial charge in [-0.25, -0.2) is 8.42 Å². The van der Waals surface area contributed by atoms with E-state index in [1.165, 1.54) is 24.4 Å². The topological polar surface area (TPSA) is 107 Å². The third-order valence-corrected chi connectivity index (χ3v) is 5.88. The van der Waals surface area contributed by atoms with E-state index in [0.717, 1.165) is 22.4 Å². The second-order valence-corrected chi connectivity index (χ2v) is 8.05. The Kier molecular flexibility index (Phi) is 4.73. The first-order valence-corrected chi connectivity index (χ1v) is 10.2. The first-order valence-electron chi connectivity index (χ1n) is 8.69. The van der Waals surface area contributed by atoms with E-state index in [4.69, 9.17) is 0 Å². The number of benzene rings is 3. The molecule has 0 spiro atoms. The van der Waals surface area contributed by atoms with Crippen molar-refractivity contribution in [2.24, 2.45) is 0 Å². The zero-order chi connectivity index (χ0) is 20.4. The fourth-order valence-electron chi connectivity index (χ4n) is 3.15. The van der Waals surface area contributed by atoms with Crippen molar-refractivity contribution < 1.29 is 13.3 Å². The smallest absolute Gasteiger partial charge is 0.276 e. The Balaban J connectivity index is 1.59. The van der Waals surface area contributed by atoms with E-state index in [1.807, 2.05) is 42.5 Å². The minimum Gasteiger partial charge on any atom is -0.276 e. The van der Waals surface area contributed by atoms with Crippen LogP contribution in [0.4, 0.5) is 11.4 Å². The van der Waals surface area contributed by atoms with Crippen LogP contribution in [0.2, 0.25) is 0 Å². The molecule has 0 aliphatic heterocycles. The normalized spacial score (nSPS) is 11.4. The Morgan fingerprint density at radius 2 is 1.72 bits per heavy atom. The van der Waals surface area contributed by atoms with Gasteiger partial charge in [-0.1, -0.05) is 54.6 Å². The van der Waals surface area contributed by atoms with E-state index < -0.39 is 25.5 Å². The first-order chi connectivity index (χ1) is 13.9. The maximum Gasteiger partial charge on any atom is 0.289 e. The number of nitro benzene ring substituents is 1. The number of sulfonamides is 1. The van der Waals surface area contributed by atoms with Gasteiger partial charge in [-0.3, -0.25) is 19.5 Å². The van der Waals surface area contributed by atoms with Crippen LogP contribution < -0.4 is 4.72 Å². The van der Waals surface area contributed by atoms with Gasteiger partial charge in [0.25, 0.3) is 15.7 Å². The lowest BCUT2D eigenvalue weighted by Gasteiger charge is -2.07. The Labute approximate surface area is 166 Å². The highest BCUT2D eigenvalue weighted by Crippen LogP contribution is 2.25. The summed E-state index contributed by atoms with van der Waals surface area (Å²) in [6.07, 6.45) is 2.92. The number of nitrogens with zero attached hydrogens (tertiary/aromatic N) is 3. The van der Waals surface area contributed by atoms with Gasteiger partial charge < -0.3 is 0 Å². The van der Waals surface area contributed by atoms with Crippen molar-refractivity contribution in [1.82, 2.24) is 9.78 Å². The van der Waals surface area contributed by atoms with Gasteiger partial charge in [0.1, 0.15) is 0 Å². The Bertz CT molecular complexity index is 1310. The van der Waals surface area contributed by atoms with E-state index in [1.54, 1.807) is 10.9 Å². The average molecular weight is 408 g/mol. The minimum absolute atomic E-state index is 0.225. The quantitative estimate of drug-likeness (QED) is 0.386. The number of rotatable bonds is 6. The summed E-state index contributed by atoms with van der Waals surface area (Å²) in [4.78, 5) is 10.0. The third kappa shape index (κ3) is 3.81. The average Bonchev–Trinajstić information content (AvgIpc) is 3.14. The molecule has 1 aromatic heterocycles. The molecular formula is C20H16N4O4S. The van der Waals surface area contributed by atoms with Gasteiger partial charge in [0.2, 0.25) is 0 Å². The van der Waals surface area contributed by atoms with Crippen LogP contribution in [0, 0.1) is 10.1 Å². The highest BCUT2D eigenvalue weighted by atomic mass is 32.2. The van der Waals surface area contributed by atoms with Crippen molar-refractivity contribution in [2.45, 2.75) is 11.4 Å². The molecule has 0 bridgehead atoms. The maximum absolute atomic E-state index is 12.6. The molecule has 0 aliphatic rings. The number of nitro groups is 1. The first kappa shape index (κ1) is 18.6. The van der Waals surface area contributed by atoms with Crippen LogP contribution in [0.1, 0.15) is 5.56 Å². The number of hydrogen-bond acceptors (Lipinski definition) is 5. The standard InChI is InChI=1S/C20H16N4O4S/c25-24(26)19-10-3-4-11-20(19)29(27,28)22-17-12-21-23(14-17)13-16-8-5-7-15-6-1-2-9-18(15)16/h1-12,14,22H,13H2. The predicted octanol–water partition coefficient (Wildman–Crippen LogP) is 3.79. The molecule has 0 aliphatic carbocycles. The molecule has 0 radical (unpaired) electrons. The lowest BCUT2D eigenvalue weighted by atomic mass is 10.0. The van der Waals surface area contributed by atoms with E-state index in [-0.39, 0.29) is 5.69 Å². The SMILES string of the molecule is O=[N+]([O-])c1ccccc1S(=O)(=O)Nc1cnn(Cc2cccc3ccccc23)c1. The van der Waals surface area contributed by atoms with Crippen LogP contribution in [-0.2, 0) is 16.6 Å². The molecule has 0 atom stereocenters. The van der Waals surface area contributed by atoms with Crippen molar-refractivity contribution in [2.75, 3.05) is 4.72 Å². The van der Waals surface area contributed by atoms with Crippen molar-refractivity contribution in [3.05, 3.63) is 94.8 Å². The fraction of sp³-hybridized carbons (Fsp3) is 0.0500. The lowest BCUT2D eigenvalue weighted by Crippen LogP contribution is -2.14. The van der Waals surface area contributed by atoms with Crippen LogP contribution in [0.15, 0.2) is 84.0 Å². The zero-order valence-electron chi connectivity index (χ0n) is 15.1. The Hall–Kier alpha value is -3.72.